The minimum absolute atomic E-state index is 0.0632. The second-order valence-electron chi connectivity index (χ2n) is 10.7. The Labute approximate surface area is 199 Å². The van der Waals surface area contributed by atoms with E-state index in [0.717, 1.165) is 12.8 Å². The van der Waals surface area contributed by atoms with E-state index in [0.29, 0.717) is 10.9 Å². The number of hydrogen-bond donors (Lipinski definition) is 3. The largest absolute Gasteiger partial charge is 0.373 e. The Hall–Kier alpha value is -0.190. The van der Waals surface area contributed by atoms with Crippen LogP contribution in [-0.2, 0) is 4.57 Å². The van der Waals surface area contributed by atoms with E-state index in [4.69, 9.17) is 0 Å². The van der Waals surface area contributed by atoms with Crippen LogP contribution in [0.1, 0.15) is 122 Å². The first-order chi connectivity index (χ1) is 15.0. The number of quaternary nitrogens is 1. The van der Waals surface area contributed by atoms with E-state index < -0.39 is 12.9 Å². The Bertz CT molecular complexity index is 512. The zero-order valence-electron chi connectivity index (χ0n) is 21.7. The van der Waals surface area contributed by atoms with Crippen LogP contribution in [0.5, 0.6) is 0 Å². The van der Waals surface area contributed by atoms with Crippen LogP contribution in [0.15, 0.2) is 12.2 Å². The maximum Gasteiger partial charge on any atom is 0.362 e. The standard InChI is InChI=1S/C26H54NO4P/c1-5-6-7-8-9-10-11-12-13-14-15-16-17-18-19-20-21-22-23-24-26(28,32(29,30)31)25-27(2,3)4/h7-8,28H,5-6,9-25H2,1-4H3,(H-,29,30,31)/p+1/b8-7-. The molecule has 0 amide bonds. The Kier molecular flexibility index (Phi) is 18.1. The van der Waals surface area contributed by atoms with Gasteiger partial charge in [0.05, 0.1) is 21.1 Å². The van der Waals surface area contributed by atoms with Crippen molar-refractivity contribution in [2.24, 2.45) is 0 Å². The molecule has 0 aliphatic carbocycles. The highest BCUT2D eigenvalue weighted by molar-refractivity contribution is 7.53. The molecule has 0 saturated carbocycles. The predicted octanol–water partition coefficient (Wildman–Crippen LogP) is 7.16. The van der Waals surface area contributed by atoms with Crippen LogP contribution in [0.3, 0.4) is 0 Å². The monoisotopic (exact) mass is 476 g/mol. The molecule has 192 valence electrons. The average molecular weight is 477 g/mol. The highest BCUT2D eigenvalue weighted by atomic mass is 31.2. The number of likely N-dealkylation sites (N-methyl/N-ethyl adjacent to an activating group) is 1. The van der Waals surface area contributed by atoms with Crippen LogP contribution in [0.4, 0.5) is 0 Å². The summed E-state index contributed by atoms with van der Waals surface area (Å²) in [5.74, 6) is 0. The molecule has 0 aliphatic heterocycles. The maximum atomic E-state index is 11.8. The first kappa shape index (κ1) is 31.8. The lowest BCUT2D eigenvalue weighted by Gasteiger charge is -2.35. The van der Waals surface area contributed by atoms with E-state index in [9.17, 15) is 19.5 Å². The molecule has 0 aromatic heterocycles. The number of rotatable bonds is 22. The van der Waals surface area contributed by atoms with Crippen molar-refractivity contribution in [1.82, 2.24) is 0 Å². The van der Waals surface area contributed by atoms with Gasteiger partial charge in [0.1, 0.15) is 6.54 Å². The lowest BCUT2D eigenvalue weighted by Crippen LogP contribution is -2.49. The molecule has 0 rings (SSSR count). The molecule has 5 nitrogen and oxygen atoms in total. The summed E-state index contributed by atoms with van der Waals surface area (Å²) < 4.78 is 12.1. The molecular formula is C26H55NO4P+. The van der Waals surface area contributed by atoms with Gasteiger partial charge in [0.2, 0.25) is 5.34 Å². The predicted molar refractivity (Wildman–Crippen MR) is 138 cm³/mol. The first-order valence-electron chi connectivity index (χ1n) is 13.3. The molecular weight excluding hydrogens is 421 g/mol. The number of unbranched alkanes of at least 4 members (excludes halogenated alkanes) is 15. The second kappa shape index (κ2) is 18.2. The van der Waals surface area contributed by atoms with Crippen molar-refractivity contribution in [1.29, 1.82) is 0 Å². The van der Waals surface area contributed by atoms with Crippen molar-refractivity contribution in [3.63, 3.8) is 0 Å². The fourth-order valence-electron chi connectivity index (χ4n) is 4.27. The van der Waals surface area contributed by atoms with E-state index in [1.165, 1.54) is 89.9 Å². The van der Waals surface area contributed by atoms with Gasteiger partial charge in [-0.05, 0) is 32.1 Å². The van der Waals surface area contributed by atoms with Crippen LogP contribution in [0.25, 0.3) is 0 Å². The summed E-state index contributed by atoms with van der Waals surface area (Å²) in [5.41, 5.74) is 0. The van der Waals surface area contributed by atoms with E-state index in [1.54, 1.807) is 0 Å². The zero-order chi connectivity index (χ0) is 24.3. The van der Waals surface area contributed by atoms with Gasteiger partial charge in [0, 0.05) is 0 Å². The molecule has 3 N–H and O–H groups in total. The fourth-order valence-corrected chi connectivity index (χ4v) is 5.33. The summed E-state index contributed by atoms with van der Waals surface area (Å²) >= 11 is 0. The third kappa shape index (κ3) is 18.3. The Balaban J connectivity index is 3.55. The van der Waals surface area contributed by atoms with Gasteiger partial charge in [-0.15, -0.1) is 0 Å². The highest BCUT2D eigenvalue weighted by Crippen LogP contribution is 2.52. The smallest absolute Gasteiger partial charge is 0.362 e. The van der Waals surface area contributed by atoms with Crippen molar-refractivity contribution in [2.45, 2.75) is 128 Å². The molecule has 0 radical (unpaired) electrons. The lowest BCUT2D eigenvalue weighted by atomic mass is 10.0. The SMILES string of the molecule is CCC/C=C\CCCCCCCCCCCCCCCCC(O)(C[N+](C)(C)C)P(=O)(O)O. The number of allylic oxidation sites excluding steroid dienone is 2. The summed E-state index contributed by atoms with van der Waals surface area (Å²) in [4.78, 5) is 19.2. The van der Waals surface area contributed by atoms with Gasteiger partial charge in [-0.2, -0.15) is 0 Å². The molecule has 0 fully saturated rings. The molecule has 0 aromatic carbocycles. The zero-order valence-corrected chi connectivity index (χ0v) is 22.6. The van der Waals surface area contributed by atoms with Crippen molar-refractivity contribution in [3.05, 3.63) is 12.2 Å². The van der Waals surface area contributed by atoms with Gasteiger partial charge in [0.25, 0.3) is 0 Å². The van der Waals surface area contributed by atoms with Crippen molar-refractivity contribution >= 4 is 7.60 Å². The molecule has 0 spiro atoms. The Morgan fingerprint density at radius 3 is 1.44 bits per heavy atom. The van der Waals surface area contributed by atoms with E-state index in [1.807, 2.05) is 21.1 Å². The van der Waals surface area contributed by atoms with Crippen LogP contribution < -0.4 is 0 Å². The van der Waals surface area contributed by atoms with Gasteiger partial charge >= 0.3 is 7.60 Å². The fraction of sp³-hybridized carbons (Fsp3) is 0.923. The molecule has 0 aromatic rings. The van der Waals surface area contributed by atoms with Gasteiger partial charge in [-0.25, -0.2) is 0 Å². The number of aliphatic hydroxyl groups is 1. The first-order valence-corrected chi connectivity index (χ1v) is 14.9. The highest BCUT2D eigenvalue weighted by Gasteiger charge is 2.48. The number of nitrogens with zero attached hydrogens (tertiary/aromatic N) is 1. The summed E-state index contributed by atoms with van der Waals surface area (Å²) in [6.45, 7) is 2.29. The third-order valence-electron chi connectivity index (χ3n) is 6.09. The van der Waals surface area contributed by atoms with E-state index in [-0.39, 0.29) is 13.0 Å². The summed E-state index contributed by atoms with van der Waals surface area (Å²) in [6.07, 6.45) is 25.8. The van der Waals surface area contributed by atoms with Gasteiger partial charge < -0.3 is 19.4 Å². The lowest BCUT2D eigenvalue weighted by molar-refractivity contribution is -0.875. The van der Waals surface area contributed by atoms with Gasteiger partial charge in [0.15, 0.2) is 0 Å². The molecule has 32 heavy (non-hydrogen) atoms. The van der Waals surface area contributed by atoms with Crippen molar-refractivity contribution in [3.8, 4) is 0 Å². The Morgan fingerprint density at radius 2 is 1.06 bits per heavy atom. The third-order valence-corrected chi connectivity index (χ3v) is 7.54. The minimum atomic E-state index is -4.54. The van der Waals surface area contributed by atoms with Crippen molar-refractivity contribution < 1.29 is 23.9 Å². The minimum Gasteiger partial charge on any atom is -0.373 e. The van der Waals surface area contributed by atoms with Gasteiger partial charge in [-0.1, -0.05) is 103 Å². The molecule has 1 atom stereocenters. The topological polar surface area (TPSA) is 77.8 Å². The van der Waals surface area contributed by atoms with Gasteiger partial charge in [-0.3, -0.25) is 4.57 Å². The molecule has 0 aliphatic rings. The average Bonchev–Trinajstić information content (AvgIpc) is 2.67. The van der Waals surface area contributed by atoms with Crippen LogP contribution >= 0.6 is 7.60 Å². The number of hydrogen-bond acceptors (Lipinski definition) is 2. The molecule has 6 heteroatoms. The molecule has 0 heterocycles. The summed E-state index contributed by atoms with van der Waals surface area (Å²) in [6, 6.07) is 0. The second-order valence-corrected chi connectivity index (χ2v) is 12.6. The quantitative estimate of drug-likeness (QED) is 0.0670. The molecule has 0 saturated heterocycles. The summed E-state index contributed by atoms with van der Waals surface area (Å²) in [7, 11) is 0.986. The maximum absolute atomic E-state index is 11.8. The summed E-state index contributed by atoms with van der Waals surface area (Å²) in [5, 5.41) is 8.64. The Morgan fingerprint density at radius 1 is 0.688 bits per heavy atom. The van der Waals surface area contributed by atoms with Crippen LogP contribution in [0.2, 0.25) is 0 Å². The molecule has 0 bridgehead atoms. The van der Waals surface area contributed by atoms with E-state index in [2.05, 4.69) is 19.1 Å². The van der Waals surface area contributed by atoms with Crippen LogP contribution in [0, 0.1) is 0 Å². The van der Waals surface area contributed by atoms with Crippen LogP contribution in [-0.4, -0.2) is 52.4 Å². The molecule has 1 unspecified atom stereocenters. The van der Waals surface area contributed by atoms with E-state index >= 15 is 0 Å². The van der Waals surface area contributed by atoms with Crippen molar-refractivity contribution in [2.75, 3.05) is 27.7 Å². The normalized spacial score (nSPS) is 14.8.